The van der Waals surface area contributed by atoms with Crippen molar-refractivity contribution in [2.45, 2.75) is 19.3 Å². The molecule has 0 fully saturated rings. The monoisotopic (exact) mass is 258 g/mol. The lowest BCUT2D eigenvalue weighted by molar-refractivity contribution is 0.0996. The molecule has 1 heterocycles. The molecule has 6 nitrogen and oxygen atoms in total. The van der Waals surface area contributed by atoms with Gasteiger partial charge in [-0.1, -0.05) is 0 Å². The van der Waals surface area contributed by atoms with Gasteiger partial charge in [0.15, 0.2) is 5.69 Å². The van der Waals surface area contributed by atoms with Gasteiger partial charge in [0.25, 0.3) is 5.91 Å². The molecule has 0 spiro atoms. The summed E-state index contributed by atoms with van der Waals surface area (Å²) in [5.74, 6) is 0.0864. The number of amides is 1. The standard InChI is InChI=1S/C13H14N4O2/c1-19-10-6-8-4-2-3-7(8)5-9(10)11-12(13(14)18)16-17-15-11/h5-6H,2-4H2,1H3,(H2,14,18)(H,15,16,17). The number of benzene rings is 1. The second-order valence-corrected chi connectivity index (χ2v) is 4.56. The van der Waals surface area contributed by atoms with Crippen LogP contribution in [0.5, 0.6) is 5.75 Å². The maximum atomic E-state index is 11.3. The average Bonchev–Trinajstić information content (AvgIpc) is 3.05. The van der Waals surface area contributed by atoms with Crippen molar-refractivity contribution in [3.63, 3.8) is 0 Å². The number of nitrogens with one attached hydrogen (secondary N) is 1. The van der Waals surface area contributed by atoms with Crippen LogP contribution in [0.3, 0.4) is 0 Å². The molecule has 0 saturated carbocycles. The van der Waals surface area contributed by atoms with Crippen LogP contribution in [0.1, 0.15) is 28.0 Å². The van der Waals surface area contributed by atoms with Crippen LogP contribution in [-0.2, 0) is 12.8 Å². The van der Waals surface area contributed by atoms with E-state index in [-0.39, 0.29) is 5.69 Å². The molecule has 0 unspecified atom stereocenters. The van der Waals surface area contributed by atoms with Gasteiger partial charge in [-0.05, 0) is 42.5 Å². The second kappa shape index (κ2) is 4.38. The lowest BCUT2D eigenvalue weighted by Gasteiger charge is -2.10. The Morgan fingerprint density at radius 3 is 2.74 bits per heavy atom. The van der Waals surface area contributed by atoms with Crippen LogP contribution in [-0.4, -0.2) is 28.4 Å². The van der Waals surface area contributed by atoms with E-state index in [1.165, 1.54) is 11.1 Å². The van der Waals surface area contributed by atoms with Crippen molar-refractivity contribution in [2.75, 3.05) is 7.11 Å². The summed E-state index contributed by atoms with van der Waals surface area (Å²) in [6.07, 6.45) is 3.24. The Kier molecular flexibility index (Phi) is 2.70. The number of hydrogen-bond donors (Lipinski definition) is 2. The summed E-state index contributed by atoms with van der Waals surface area (Å²) in [6, 6.07) is 4.03. The first-order valence-corrected chi connectivity index (χ1v) is 6.11. The van der Waals surface area contributed by atoms with Gasteiger partial charge in [0.05, 0.1) is 7.11 Å². The Labute approximate surface area is 110 Å². The molecule has 0 saturated heterocycles. The SMILES string of the molecule is COc1cc2c(cc1-c1n[nH]nc1C(N)=O)CCC2. The zero-order chi connectivity index (χ0) is 13.4. The topological polar surface area (TPSA) is 93.9 Å². The number of nitrogens with zero attached hydrogens (tertiary/aromatic N) is 2. The summed E-state index contributed by atoms with van der Waals surface area (Å²) >= 11 is 0. The normalized spacial score (nSPS) is 13.3. The number of primary amides is 1. The minimum absolute atomic E-state index is 0.135. The van der Waals surface area contributed by atoms with Crippen molar-refractivity contribution in [1.82, 2.24) is 15.4 Å². The maximum absolute atomic E-state index is 11.3. The summed E-state index contributed by atoms with van der Waals surface area (Å²) in [5, 5.41) is 10.3. The van der Waals surface area contributed by atoms with E-state index in [9.17, 15) is 4.79 Å². The van der Waals surface area contributed by atoms with Gasteiger partial charge in [-0.15, -0.1) is 0 Å². The van der Waals surface area contributed by atoms with E-state index < -0.39 is 5.91 Å². The van der Waals surface area contributed by atoms with E-state index in [0.29, 0.717) is 11.4 Å². The number of nitrogens with two attached hydrogens (primary N) is 1. The number of fused-ring (bicyclic) bond motifs is 1. The van der Waals surface area contributed by atoms with Gasteiger partial charge in [-0.2, -0.15) is 15.4 Å². The van der Waals surface area contributed by atoms with Crippen LogP contribution in [0.2, 0.25) is 0 Å². The van der Waals surface area contributed by atoms with Gasteiger partial charge in [0.1, 0.15) is 11.4 Å². The summed E-state index contributed by atoms with van der Waals surface area (Å²) in [5.41, 5.74) is 9.20. The molecule has 0 atom stereocenters. The third-order valence-corrected chi connectivity index (χ3v) is 3.45. The Bertz CT molecular complexity index is 648. The first kappa shape index (κ1) is 11.7. The molecule has 0 aliphatic heterocycles. The summed E-state index contributed by atoms with van der Waals surface area (Å²) in [7, 11) is 1.60. The smallest absolute Gasteiger partial charge is 0.271 e. The zero-order valence-electron chi connectivity index (χ0n) is 10.6. The van der Waals surface area contributed by atoms with Crippen molar-refractivity contribution >= 4 is 5.91 Å². The molecular weight excluding hydrogens is 244 g/mol. The van der Waals surface area contributed by atoms with Gasteiger partial charge in [-0.25, -0.2) is 0 Å². The van der Waals surface area contributed by atoms with E-state index in [2.05, 4.69) is 15.4 Å². The van der Waals surface area contributed by atoms with Gasteiger partial charge >= 0.3 is 0 Å². The summed E-state index contributed by atoms with van der Waals surface area (Å²) < 4.78 is 5.40. The molecule has 3 N–H and O–H groups in total. The first-order valence-electron chi connectivity index (χ1n) is 6.11. The lowest BCUT2D eigenvalue weighted by Crippen LogP contribution is -2.13. The highest BCUT2D eigenvalue weighted by molar-refractivity contribution is 5.97. The lowest BCUT2D eigenvalue weighted by atomic mass is 10.0. The maximum Gasteiger partial charge on any atom is 0.271 e. The number of rotatable bonds is 3. The van der Waals surface area contributed by atoms with Crippen molar-refractivity contribution in [1.29, 1.82) is 0 Å². The van der Waals surface area contributed by atoms with Crippen molar-refractivity contribution < 1.29 is 9.53 Å². The first-order chi connectivity index (χ1) is 9.20. The molecule has 1 aliphatic carbocycles. The third kappa shape index (κ3) is 1.85. The van der Waals surface area contributed by atoms with Crippen LogP contribution < -0.4 is 10.5 Å². The molecule has 1 aromatic carbocycles. The Morgan fingerprint density at radius 2 is 2.05 bits per heavy atom. The number of aromatic nitrogens is 3. The van der Waals surface area contributed by atoms with Crippen molar-refractivity contribution in [3.05, 3.63) is 29.0 Å². The van der Waals surface area contributed by atoms with Crippen LogP contribution in [0.25, 0.3) is 11.3 Å². The van der Waals surface area contributed by atoms with Crippen LogP contribution in [0, 0.1) is 0 Å². The van der Waals surface area contributed by atoms with Gasteiger partial charge in [-0.3, -0.25) is 4.79 Å². The fourth-order valence-corrected chi connectivity index (χ4v) is 2.55. The molecular formula is C13H14N4O2. The summed E-state index contributed by atoms with van der Waals surface area (Å²) in [6.45, 7) is 0. The Morgan fingerprint density at radius 1 is 1.32 bits per heavy atom. The van der Waals surface area contributed by atoms with E-state index in [1.807, 2.05) is 12.1 Å². The predicted octanol–water partition coefficient (Wildman–Crippen LogP) is 1.07. The highest BCUT2D eigenvalue weighted by Crippen LogP contribution is 2.36. The quantitative estimate of drug-likeness (QED) is 0.861. The van der Waals surface area contributed by atoms with Gasteiger partial charge in [0, 0.05) is 5.56 Å². The van der Waals surface area contributed by atoms with Crippen LogP contribution in [0.4, 0.5) is 0 Å². The summed E-state index contributed by atoms with van der Waals surface area (Å²) in [4.78, 5) is 11.3. The number of carbonyl (C=O) groups is 1. The van der Waals surface area contributed by atoms with Crippen LogP contribution >= 0.6 is 0 Å². The van der Waals surface area contributed by atoms with Gasteiger partial charge < -0.3 is 10.5 Å². The van der Waals surface area contributed by atoms with Crippen LogP contribution in [0.15, 0.2) is 12.1 Å². The highest BCUT2D eigenvalue weighted by Gasteiger charge is 2.22. The molecule has 1 aliphatic rings. The Hall–Kier alpha value is -2.37. The molecule has 3 rings (SSSR count). The minimum Gasteiger partial charge on any atom is -0.496 e. The molecule has 98 valence electrons. The molecule has 2 aromatic rings. The van der Waals surface area contributed by atoms with E-state index in [1.54, 1.807) is 7.11 Å². The predicted molar refractivity (Wildman–Crippen MR) is 68.9 cm³/mol. The molecule has 1 aromatic heterocycles. The fourth-order valence-electron chi connectivity index (χ4n) is 2.55. The number of hydrogen-bond acceptors (Lipinski definition) is 4. The second-order valence-electron chi connectivity index (χ2n) is 4.56. The number of aryl methyl sites for hydroxylation is 2. The van der Waals surface area contributed by atoms with Crippen molar-refractivity contribution in [2.24, 2.45) is 5.73 Å². The van der Waals surface area contributed by atoms with E-state index in [4.69, 9.17) is 10.5 Å². The Balaban J connectivity index is 2.19. The fraction of sp³-hybridized carbons (Fsp3) is 0.308. The largest absolute Gasteiger partial charge is 0.496 e. The number of ether oxygens (including phenoxy) is 1. The van der Waals surface area contributed by atoms with Gasteiger partial charge in [0.2, 0.25) is 0 Å². The van der Waals surface area contributed by atoms with Crippen molar-refractivity contribution in [3.8, 4) is 17.0 Å². The van der Waals surface area contributed by atoms with E-state index >= 15 is 0 Å². The highest BCUT2D eigenvalue weighted by atomic mass is 16.5. The number of carbonyl (C=O) groups excluding carboxylic acids is 1. The molecule has 6 heteroatoms. The number of aromatic amines is 1. The molecule has 19 heavy (non-hydrogen) atoms. The van der Waals surface area contributed by atoms with E-state index in [0.717, 1.165) is 24.8 Å². The minimum atomic E-state index is -0.605. The number of H-pyrrole nitrogens is 1. The third-order valence-electron chi connectivity index (χ3n) is 3.45. The average molecular weight is 258 g/mol. The number of methoxy groups -OCH3 is 1. The zero-order valence-corrected chi connectivity index (χ0v) is 10.6. The molecule has 0 bridgehead atoms. The molecule has 1 amide bonds. The molecule has 0 radical (unpaired) electrons.